The van der Waals surface area contributed by atoms with Crippen LogP contribution in [0.4, 0.5) is 0 Å². The van der Waals surface area contributed by atoms with E-state index >= 15 is 0 Å². The summed E-state index contributed by atoms with van der Waals surface area (Å²) in [6, 6.07) is 19.8. The van der Waals surface area contributed by atoms with E-state index in [9.17, 15) is 9.59 Å². The summed E-state index contributed by atoms with van der Waals surface area (Å²) in [5, 5.41) is 0. The first kappa shape index (κ1) is 28.2. The lowest BCUT2D eigenvalue weighted by Gasteiger charge is -2.29. The van der Waals surface area contributed by atoms with Crippen molar-refractivity contribution in [2.24, 2.45) is 11.3 Å². The first-order valence-electron chi connectivity index (χ1n) is 13.4. The van der Waals surface area contributed by atoms with Gasteiger partial charge in [-0.25, -0.2) is 0 Å². The number of hydrogen-bond acceptors (Lipinski definition) is 8. The highest BCUT2D eigenvalue weighted by atomic mass is 16.8. The van der Waals surface area contributed by atoms with E-state index in [0.717, 1.165) is 11.1 Å². The molecule has 1 heterocycles. The molecule has 206 valence electrons. The van der Waals surface area contributed by atoms with E-state index in [1.165, 1.54) is 0 Å². The van der Waals surface area contributed by atoms with E-state index in [0.29, 0.717) is 13.2 Å². The highest BCUT2D eigenvalue weighted by Crippen LogP contribution is 2.55. The van der Waals surface area contributed by atoms with Crippen LogP contribution in [0, 0.1) is 11.3 Å². The van der Waals surface area contributed by atoms with Crippen molar-refractivity contribution in [1.82, 2.24) is 0 Å². The Morgan fingerprint density at radius 2 is 1.24 bits per heavy atom. The second-order valence-electron chi connectivity index (χ2n) is 9.93. The van der Waals surface area contributed by atoms with E-state index in [-0.39, 0.29) is 45.2 Å². The van der Waals surface area contributed by atoms with Crippen LogP contribution in [0.3, 0.4) is 0 Å². The monoisotopic (exact) mass is 526 g/mol. The number of hydrogen-bond donors (Lipinski definition) is 0. The van der Waals surface area contributed by atoms with Gasteiger partial charge in [0.25, 0.3) is 0 Å². The van der Waals surface area contributed by atoms with Crippen molar-refractivity contribution in [3.05, 3.63) is 71.8 Å². The number of esters is 2. The molecule has 1 saturated heterocycles. The third-order valence-electron chi connectivity index (χ3n) is 7.19. The SMILES string of the molecule is CCOC(=O)C1(C(=O)OCC)C[C@@H](C)C2(C1)O[C@@H](COCc1ccccc1)[C@H](COCc1ccccc1)O2. The minimum absolute atomic E-state index is 0.0171. The minimum Gasteiger partial charge on any atom is -0.465 e. The summed E-state index contributed by atoms with van der Waals surface area (Å²) in [7, 11) is 0. The summed E-state index contributed by atoms with van der Waals surface area (Å²) in [5.41, 5.74) is 0.618. The molecule has 1 aliphatic heterocycles. The lowest BCUT2D eigenvalue weighted by Crippen LogP contribution is -2.43. The van der Waals surface area contributed by atoms with Gasteiger partial charge in [0.05, 0.1) is 39.6 Å². The van der Waals surface area contributed by atoms with Gasteiger partial charge in [-0.3, -0.25) is 9.59 Å². The fraction of sp³-hybridized carbons (Fsp3) is 0.533. The van der Waals surface area contributed by atoms with E-state index in [2.05, 4.69) is 0 Å². The van der Waals surface area contributed by atoms with Gasteiger partial charge in [-0.1, -0.05) is 67.6 Å². The van der Waals surface area contributed by atoms with Crippen molar-refractivity contribution < 1.29 is 38.0 Å². The van der Waals surface area contributed by atoms with Gasteiger partial charge in [0, 0.05) is 12.3 Å². The largest absolute Gasteiger partial charge is 0.465 e. The van der Waals surface area contributed by atoms with E-state index in [1.54, 1.807) is 13.8 Å². The lowest BCUT2D eigenvalue weighted by atomic mass is 9.85. The fourth-order valence-electron chi connectivity index (χ4n) is 5.30. The molecule has 0 aromatic heterocycles. The van der Waals surface area contributed by atoms with Gasteiger partial charge in [-0.2, -0.15) is 0 Å². The Kier molecular flexibility index (Phi) is 9.54. The summed E-state index contributed by atoms with van der Waals surface area (Å²) in [6.45, 7) is 7.08. The summed E-state index contributed by atoms with van der Waals surface area (Å²) >= 11 is 0. The second-order valence-corrected chi connectivity index (χ2v) is 9.93. The minimum atomic E-state index is -1.49. The summed E-state index contributed by atoms with van der Waals surface area (Å²) < 4.78 is 35.8. The van der Waals surface area contributed by atoms with Crippen LogP contribution in [0.25, 0.3) is 0 Å². The maximum absolute atomic E-state index is 13.1. The van der Waals surface area contributed by atoms with Gasteiger partial charge in [-0.15, -0.1) is 0 Å². The summed E-state index contributed by atoms with van der Waals surface area (Å²) in [6.07, 6.45) is -0.669. The molecule has 0 bridgehead atoms. The topological polar surface area (TPSA) is 89.5 Å². The molecule has 3 atom stereocenters. The van der Waals surface area contributed by atoms with Crippen LogP contribution in [0.15, 0.2) is 60.7 Å². The van der Waals surface area contributed by atoms with Crippen molar-refractivity contribution in [2.45, 2.75) is 64.8 Å². The van der Waals surface area contributed by atoms with Crippen LogP contribution < -0.4 is 0 Å². The molecule has 1 saturated carbocycles. The number of rotatable bonds is 12. The molecular formula is C30H38O8. The molecule has 8 heteroatoms. The Labute approximate surface area is 224 Å². The predicted molar refractivity (Wildman–Crippen MR) is 139 cm³/mol. The second kappa shape index (κ2) is 12.8. The summed E-state index contributed by atoms with van der Waals surface area (Å²) in [4.78, 5) is 26.2. The molecule has 0 unspecified atom stereocenters. The Balaban J connectivity index is 1.50. The van der Waals surface area contributed by atoms with Crippen molar-refractivity contribution in [3.63, 3.8) is 0 Å². The maximum Gasteiger partial charge on any atom is 0.323 e. The quantitative estimate of drug-likeness (QED) is 0.296. The van der Waals surface area contributed by atoms with Crippen LogP contribution in [0.2, 0.25) is 0 Å². The Morgan fingerprint density at radius 1 is 0.789 bits per heavy atom. The van der Waals surface area contributed by atoms with Crippen LogP contribution in [0.5, 0.6) is 0 Å². The number of ether oxygens (including phenoxy) is 6. The molecule has 38 heavy (non-hydrogen) atoms. The van der Waals surface area contributed by atoms with Crippen LogP contribution >= 0.6 is 0 Å². The van der Waals surface area contributed by atoms with E-state index in [1.807, 2.05) is 67.6 Å². The van der Waals surface area contributed by atoms with Gasteiger partial charge in [-0.05, 0) is 31.4 Å². The van der Waals surface area contributed by atoms with Crippen LogP contribution in [-0.2, 0) is 51.2 Å². The molecule has 2 aromatic rings. The van der Waals surface area contributed by atoms with Crippen molar-refractivity contribution >= 4 is 11.9 Å². The highest BCUT2D eigenvalue weighted by molar-refractivity contribution is 6.00. The molecule has 1 spiro atoms. The summed E-state index contributed by atoms with van der Waals surface area (Å²) in [5.74, 6) is -2.64. The zero-order valence-electron chi connectivity index (χ0n) is 22.4. The molecule has 1 aliphatic carbocycles. The average molecular weight is 527 g/mol. The zero-order chi connectivity index (χ0) is 27.0. The molecule has 4 rings (SSSR count). The third kappa shape index (κ3) is 6.26. The molecule has 8 nitrogen and oxygen atoms in total. The molecule has 0 amide bonds. The van der Waals surface area contributed by atoms with Crippen LogP contribution in [0.1, 0.15) is 44.7 Å². The number of carbonyl (C=O) groups excluding carboxylic acids is 2. The van der Waals surface area contributed by atoms with E-state index < -0.39 is 35.3 Å². The van der Waals surface area contributed by atoms with Crippen LogP contribution in [-0.4, -0.2) is 56.4 Å². The Hall–Kier alpha value is -2.78. The molecule has 2 aromatic carbocycles. The molecule has 0 radical (unpaired) electrons. The van der Waals surface area contributed by atoms with Crippen molar-refractivity contribution in [2.75, 3.05) is 26.4 Å². The third-order valence-corrected chi connectivity index (χ3v) is 7.19. The average Bonchev–Trinajstić information content (AvgIpc) is 3.42. The zero-order valence-corrected chi connectivity index (χ0v) is 22.4. The van der Waals surface area contributed by atoms with Gasteiger partial charge in [0.1, 0.15) is 12.2 Å². The molecule has 2 aliphatic rings. The Morgan fingerprint density at radius 3 is 1.66 bits per heavy atom. The first-order chi connectivity index (χ1) is 18.4. The molecule has 2 fully saturated rings. The smallest absolute Gasteiger partial charge is 0.323 e. The fourth-order valence-corrected chi connectivity index (χ4v) is 5.30. The first-order valence-corrected chi connectivity index (χ1v) is 13.4. The van der Waals surface area contributed by atoms with Crippen molar-refractivity contribution in [3.8, 4) is 0 Å². The molecule has 0 N–H and O–H groups in total. The normalized spacial score (nSPS) is 23.4. The molecular weight excluding hydrogens is 488 g/mol. The number of benzene rings is 2. The predicted octanol–water partition coefficient (Wildman–Crippen LogP) is 4.44. The standard InChI is InChI=1S/C30H38O8/c1-4-35-27(31)29(28(32)36-5-2)16-22(3)30(21-29)37-25(19-33-17-23-12-8-6-9-13-23)26(38-30)20-34-18-24-14-10-7-11-15-24/h6-15,22,25-26H,4-5,16-21H2,1-3H3/t22-,25+,26+/m1/s1. The Bertz CT molecular complexity index is 969. The lowest BCUT2D eigenvalue weighted by molar-refractivity contribution is -0.208. The van der Waals surface area contributed by atoms with Crippen molar-refractivity contribution in [1.29, 1.82) is 0 Å². The number of carbonyl (C=O) groups is 2. The van der Waals surface area contributed by atoms with Gasteiger partial charge in [0.15, 0.2) is 11.2 Å². The van der Waals surface area contributed by atoms with E-state index in [4.69, 9.17) is 28.4 Å². The highest BCUT2D eigenvalue weighted by Gasteiger charge is 2.67. The maximum atomic E-state index is 13.1. The van der Waals surface area contributed by atoms with Gasteiger partial charge >= 0.3 is 11.9 Å². The van der Waals surface area contributed by atoms with Gasteiger partial charge in [0.2, 0.25) is 0 Å². The van der Waals surface area contributed by atoms with Gasteiger partial charge < -0.3 is 28.4 Å².